The van der Waals surface area contributed by atoms with Gasteiger partial charge in [-0.05, 0) is 12.1 Å². The van der Waals surface area contributed by atoms with Crippen molar-refractivity contribution >= 4 is 17.1 Å². The van der Waals surface area contributed by atoms with Gasteiger partial charge in [-0.2, -0.15) is 0 Å². The van der Waals surface area contributed by atoms with Crippen molar-refractivity contribution in [2.45, 2.75) is 6.54 Å². The minimum absolute atomic E-state index is 0.0202. The molecule has 2 heterocycles. The third kappa shape index (κ3) is 3.59. The second-order valence-corrected chi connectivity index (χ2v) is 5.75. The lowest BCUT2D eigenvalue weighted by molar-refractivity contribution is -0.145. The van der Waals surface area contributed by atoms with Crippen molar-refractivity contribution in [3.05, 3.63) is 57.2 Å². The van der Waals surface area contributed by atoms with Crippen LogP contribution < -0.4 is 16.0 Å². The normalized spacial score (nSPS) is 10.9. The highest BCUT2D eigenvalue weighted by molar-refractivity contribution is 5.75. The number of imidazole rings is 1. The summed E-state index contributed by atoms with van der Waals surface area (Å²) in [7, 11) is 2.83. The summed E-state index contributed by atoms with van der Waals surface area (Å²) >= 11 is 0. The number of benzene rings is 1. The number of hydrogen-bond acceptors (Lipinski definition) is 6. The number of esters is 1. The largest absolute Gasteiger partial charge is 0.487 e. The molecule has 0 bridgehead atoms. The summed E-state index contributed by atoms with van der Waals surface area (Å²) < 4.78 is 27.1. The first-order valence-electron chi connectivity index (χ1n) is 8.04. The maximum Gasteiger partial charge on any atom is 0.332 e. The van der Waals surface area contributed by atoms with Gasteiger partial charge in [-0.15, -0.1) is 0 Å². The molecule has 3 aromatic rings. The van der Waals surface area contributed by atoms with E-state index in [0.717, 1.165) is 4.57 Å². The quantitative estimate of drug-likeness (QED) is 0.450. The average molecular weight is 376 g/mol. The highest BCUT2D eigenvalue weighted by Gasteiger charge is 2.16. The molecule has 0 radical (unpaired) electrons. The van der Waals surface area contributed by atoms with Gasteiger partial charge >= 0.3 is 11.7 Å². The first-order chi connectivity index (χ1) is 12.9. The van der Waals surface area contributed by atoms with Gasteiger partial charge < -0.3 is 14.0 Å². The fourth-order valence-corrected chi connectivity index (χ4v) is 2.57. The van der Waals surface area contributed by atoms with Gasteiger partial charge in [0.2, 0.25) is 0 Å². The predicted octanol–water partition coefficient (Wildman–Crippen LogP) is 0.195. The number of carbonyl (C=O) groups excluding carboxylic acids is 1. The van der Waals surface area contributed by atoms with Gasteiger partial charge in [0.15, 0.2) is 22.7 Å². The number of aromatic nitrogens is 4. The van der Waals surface area contributed by atoms with Crippen LogP contribution in [0.25, 0.3) is 11.2 Å². The first-order valence-corrected chi connectivity index (χ1v) is 8.04. The lowest BCUT2D eigenvalue weighted by atomic mass is 10.3. The number of para-hydroxylation sites is 1. The first kappa shape index (κ1) is 18.4. The Bertz CT molecular complexity index is 1110. The van der Waals surface area contributed by atoms with Crippen LogP contribution in [0.3, 0.4) is 0 Å². The number of rotatable bonds is 6. The maximum atomic E-state index is 13.4. The third-order valence-corrected chi connectivity index (χ3v) is 3.96. The average Bonchev–Trinajstić information content (AvgIpc) is 3.06. The Morgan fingerprint density at radius 3 is 2.63 bits per heavy atom. The van der Waals surface area contributed by atoms with Crippen LogP contribution in [0.1, 0.15) is 0 Å². The molecular formula is C17H17FN4O5. The van der Waals surface area contributed by atoms with Crippen molar-refractivity contribution in [3.8, 4) is 5.75 Å². The minimum Gasteiger partial charge on any atom is -0.487 e. The Hall–Kier alpha value is -3.43. The molecule has 2 aromatic heterocycles. The van der Waals surface area contributed by atoms with Crippen molar-refractivity contribution in [2.75, 3.05) is 13.2 Å². The molecule has 0 atom stereocenters. The zero-order valence-corrected chi connectivity index (χ0v) is 14.7. The Morgan fingerprint density at radius 2 is 1.89 bits per heavy atom. The van der Waals surface area contributed by atoms with Gasteiger partial charge in [0.25, 0.3) is 5.56 Å². The summed E-state index contributed by atoms with van der Waals surface area (Å²) in [6.07, 6.45) is 1.29. The maximum absolute atomic E-state index is 13.4. The van der Waals surface area contributed by atoms with Crippen LogP contribution in [0.5, 0.6) is 5.75 Å². The predicted molar refractivity (Wildman–Crippen MR) is 93.1 cm³/mol. The molecule has 142 valence electrons. The van der Waals surface area contributed by atoms with Crippen molar-refractivity contribution in [1.29, 1.82) is 0 Å². The number of ether oxygens (including phenoxy) is 2. The van der Waals surface area contributed by atoms with Gasteiger partial charge in [-0.3, -0.25) is 18.7 Å². The summed E-state index contributed by atoms with van der Waals surface area (Å²) in [6.45, 7) is -0.368. The van der Waals surface area contributed by atoms with Crippen LogP contribution in [0.4, 0.5) is 4.39 Å². The van der Waals surface area contributed by atoms with E-state index >= 15 is 0 Å². The molecule has 1 aromatic carbocycles. The molecule has 0 unspecified atom stereocenters. The number of nitrogens with zero attached hydrogens (tertiary/aromatic N) is 4. The second-order valence-electron chi connectivity index (χ2n) is 5.75. The van der Waals surface area contributed by atoms with Crippen molar-refractivity contribution in [2.24, 2.45) is 14.1 Å². The number of hydrogen-bond donors (Lipinski definition) is 0. The minimum atomic E-state index is -0.623. The molecule has 0 saturated carbocycles. The lowest BCUT2D eigenvalue weighted by Crippen LogP contribution is -2.37. The van der Waals surface area contributed by atoms with E-state index in [1.165, 1.54) is 47.8 Å². The van der Waals surface area contributed by atoms with Gasteiger partial charge in [0.05, 0.1) is 6.33 Å². The second kappa shape index (κ2) is 7.44. The smallest absolute Gasteiger partial charge is 0.332 e. The molecule has 0 aliphatic heterocycles. The zero-order valence-electron chi connectivity index (χ0n) is 14.7. The van der Waals surface area contributed by atoms with E-state index < -0.39 is 23.0 Å². The molecule has 3 rings (SSSR count). The summed E-state index contributed by atoms with van der Waals surface area (Å²) in [6, 6.07) is 5.90. The van der Waals surface area contributed by atoms with Crippen LogP contribution in [0.2, 0.25) is 0 Å². The highest BCUT2D eigenvalue weighted by atomic mass is 19.1. The molecule has 10 heteroatoms. The van der Waals surface area contributed by atoms with Crippen LogP contribution in [-0.4, -0.2) is 37.9 Å². The Kier molecular flexibility index (Phi) is 5.06. The van der Waals surface area contributed by atoms with E-state index in [1.54, 1.807) is 6.07 Å². The van der Waals surface area contributed by atoms with Crippen molar-refractivity contribution < 1.29 is 18.7 Å². The molecule has 27 heavy (non-hydrogen) atoms. The molecule has 9 nitrogen and oxygen atoms in total. The number of aryl methyl sites for hydroxylation is 1. The van der Waals surface area contributed by atoms with E-state index in [0.29, 0.717) is 0 Å². The monoisotopic (exact) mass is 376 g/mol. The number of carbonyl (C=O) groups is 1. The van der Waals surface area contributed by atoms with Gasteiger partial charge in [-0.25, -0.2) is 14.2 Å². The molecule has 0 aliphatic carbocycles. The van der Waals surface area contributed by atoms with Gasteiger partial charge in [0.1, 0.15) is 19.8 Å². The van der Waals surface area contributed by atoms with Gasteiger partial charge in [-0.1, -0.05) is 12.1 Å². The summed E-state index contributed by atoms with van der Waals surface area (Å²) in [5.74, 6) is -1.06. The van der Waals surface area contributed by atoms with Crippen LogP contribution in [0, 0.1) is 5.82 Å². The van der Waals surface area contributed by atoms with E-state index in [-0.39, 0.29) is 36.7 Å². The molecule has 0 amide bonds. The fourth-order valence-electron chi connectivity index (χ4n) is 2.57. The summed E-state index contributed by atoms with van der Waals surface area (Å²) in [4.78, 5) is 40.2. The van der Waals surface area contributed by atoms with E-state index in [4.69, 9.17) is 9.47 Å². The van der Waals surface area contributed by atoms with Crippen LogP contribution in [-0.2, 0) is 30.2 Å². The Morgan fingerprint density at radius 1 is 1.15 bits per heavy atom. The fraction of sp³-hybridized carbons (Fsp3) is 0.294. The molecule has 0 aliphatic rings. The number of halogens is 1. The highest BCUT2D eigenvalue weighted by Crippen LogP contribution is 2.14. The third-order valence-electron chi connectivity index (χ3n) is 3.96. The van der Waals surface area contributed by atoms with Gasteiger partial charge in [0, 0.05) is 14.1 Å². The summed E-state index contributed by atoms with van der Waals surface area (Å²) in [5.41, 5.74) is -0.759. The zero-order chi connectivity index (χ0) is 19.6. The molecule has 0 spiro atoms. The van der Waals surface area contributed by atoms with Crippen LogP contribution >= 0.6 is 0 Å². The standard InChI is InChI=1S/C17H17FN4O5/c1-20-15-14(16(24)21(2)17(20)25)22(10-19-15)9-13(23)27-8-7-26-12-6-4-3-5-11(12)18/h3-6,10H,7-9H2,1-2H3. The Balaban J connectivity index is 1.64. The molecular weight excluding hydrogens is 359 g/mol. The SMILES string of the molecule is Cn1c(=O)c2c(ncn2CC(=O)OCCOc2ccccc2F)n(C)c1=O. The van der Waals surface area contributed by atoms with E-state index in [1.807, 2.05) is 0 Å². The summed E-state index contributed by atoms with van der Waals surface area (Å²) in [5, 5.41) is 0. The molecule has 0 saturated heterocycles. The van der Waals surface area contributed by atoms with Crippen molar-refractivity contribution in [3.63, 3.8) is 0 Å². The Labute approximate surface area is 152 Å². The number of fused-ring (bicyclic) bond motifs is 1. The van der Waals surface area contributed by atoms with Crippen LogP contribution in [0.15, 0.2) is 40.2 Å². The van der Waals surface area contributed by atoms with Crippen molar-refractivity contribution in [1.82, 2.24) is 18.7 Å². The molecule has 0 N–H and O–H groups in total. The molecule has 0 fully saturated rings. The topological polar surface area (TPSA) is 97.3 Å². The van der Waals surface area contributed by atoms with E-state index in [9.17, 15) is 18.8 Å². The lowest BCUT2D eigenvalue weighted by Gasteiger charge is -2.09. The van der Waals surface area contributed by atoms with E-state index in [2.05, 4.69) is 4.98 Å².